The number of rotatable bonds is 5. The molecule has 0 spiro atoms. The summed E-state index contributed by atoms with van der Waals surface area (Å²) < 4.78 is 27.1. The summed E-state index contributed by atoms with van der Waals surface area (Å²) >= 11 is 1.64. The maximum atomic E-state index is 13.8. The molecule has 1 aliphatic rings. The quantitative estimate of drug-likeness (QED) is 0.829. The summed E-state index contributed by atoms with van der Waals surface area (Å²) in [6.07, 6.45) is 1.24. The van der Waals surface area contributed by atoms with Crippen molar-refractivity contribution >= 4 is 23.4 Å². The Hall–Kier alpha value is -2.41. The normalized spacial score (nSPS) is 16.3. The van der Waals surface area contributed by atoms with Crippen LogP contribution in [0.2, 0.25) is 0 Å². The van der Waals surface area contributed by atoms with Gasteiger partial charge in [0.15, 0.2) is 0 Å². The van der Waals surface area contributed by atoms with Crippen molar-refractivity contribution in [3.05, 3.63) is 65.2 Å². The molecule has 0 radical (unpaired) electrons. The lowest BCUT2D eigenvalue weighted by molar-refractivity contribution is -0.131. The monoisotopic (exact) mass is 362 g/mol. The van der Waals surface area contributed by atoms with E-state index < -0.39 is 17.7 Å². The number of thioether (sulfide) groups is 1. The van der Waals surface area contributed by atoms with Crippen LogP contribution in [0, 0.1) is 11.6 Å². The van der Waals surface area contributed by atoms with E-state index in [1.807, 2.05) is 30.5 Å². The van der Waals surface area contributed by atoms with E-state index in [1.165, 1.54) is 0 Å². The average Bonchev–Trinajstić information content (AvgIpc) is 3.12. The zero-order chi connectivity index (χ0) is 17.8. The zero-order valence-electron chi connectivity index (χ0n) is 13.5. The molecule has 0 saturated heterocycles. The van der Waals surface area contributed by atoms with Gasteiger partial charge in [-0.3, -0.25) is 4.79 Å². The topological polar surface area (TPSA) is 50.7 Å². The molecule has 2 aromatic carbocycles. The van der Waals surface area contributed by atoms with E-state index >= 15 is 0 Å². The predicted molar refractivity (Wildman–Crippen MR) is 92.5 cm³/mol. The number of amides is 1. The Bertz CT molecular complexity index is 809. The molecule has 0 aromatic heterocycles. The first-order valence-corrected chi connectivity index (χ1v) is 8.88. The Labute approximate surface area is 148 Å². The van der Waals surface area contributed by atoms with Gasteiger partial charge in [0, 0.05) is 23.4 Å². The molecule has 0 aliphatic carbocycles. The summed E-state index contributed by atoms with van der Waals surface area (Å²) in [6.45, 7) is 0.358. The van der Waals surface area contributed by atoms with Gasteiger partial charge < -0.3 is 10.2 Å². The smallest absolute Gasteiger partial charge is 0.264 e. The summed E-state index contributed by atoms with van der Waals surface area (Å²) in [6, 6.07) is 10.9. The van der Waals surface area contributed by atoms with Crippen LogP contribution < -0.4 is 5.32 Å². The molecule has 1 N–H and O–H groups in total. The van der Waals surface area contributed by atoms with Crippen molar-refractivity contribution in [2.45, 2.75) is 24.0 Å². The lowest BCUT2D eigenvalue weighted by Crippen LogP contribution is -2.34. The number of hydrogen-bond acceptors (Lipinski definition) is 4. The Kier molecular flexibility index (Phi) is 5.33. The molecule has 7 heteroatoms. The molecule has 0 bridgehead atoms. The van der Waals surface area contributed by atoms with Gasteiger partial charge in [-0.25, -0.2) is 8.78 Å². The molecule has 1 aliphatic heterocycles. The lowest BCUT2D eigenvalue weighted by atomic mass is 10.0. The van der Waals surface area contributed by atoms with Crippen LogP contribution in [0.5, 0.6) is 0 Å². The van der Waals surface area contributed by atoms with Crippen LogP contribution in [0.1, 0.15) is 17.5 Å². The van der Waals surface area contributed by atoms with Crippen LogP contribution >= 0.6 is 11.8 Å². The number of oxime groups is 1. The SMILES string of the molecule is CSc1ccc(CNC(=O)C2CC(c3cc(F)ccc3F)=NO2)cc1. The number of benzene rings is 2. The molecule has 1 amide bonds. The highest BCUT2D eigenvalue weighted by atomic mass is 32.2. The van der Waals surface area contributed by atoms with Gasteiger partial charge in [0.05, 0.1) is 5.71 Å². The molecule has 4 nitrogen and oxygen atoms in total. The Balaban J connectivity index is 1.57. The molecule has 0 fully saturated rings. The van der Waals surface area contributed by atoms with E-state index in [9.17, 15) is 13.6 Å². The first-order valence-electron chi connectivity index (χ1n) is 7.65. The van der Waals surface area contributed by atoms with E-state index in [4.69, 9.17) is 4.84 Å². The van der Waals surface area contributed by atoms with Crippen molar-refractivity contribution in [2.24, 2.45) is 5.16 Å². The van der Waals surface area contributed by atoms with Crippen LogP contribution in [-0.2, 0) is 16.2 Å². The minimum atomic E-state index is -0.844. The Morgan fingerprint density at radius 3 is 2.76 bits per heavy atom. The van der Waals surface area contributed by atoms with E-state index in [0.717, 1.165) is 28.7 Å². The molecular weight excluding hydrogens is 346 g/mol. The third-order valence-electron chi connectivity index (χ3n) is 3.83. The maximum absolute atomic E-state index is 13.8. The summed E-state index contributed by atoms with van der Waals surface area (Å²) in [5.74, 6) is -1.51. The standard InChI is InChI=1S/C18H16F2N2O2S/c1-25-13-5-2-11(3-6-13)10-21-18(23)17-9-16(22-24-17)14-8-12(19)4-7-15(14)20/h2-8,17H,9-10H2,1H3,(H,21,23). The minimum Gasteiger partial charge on any atom is -0.382 e. The van der Waals surface area contributed by atoms with Crippen molar-refractivity contribution in [3.63, 3.8) is 0 Å². The van der Waals surface area contributed by atoms with Crippen LogP contribution in [-0.4, -0.2) is 24.0 Å². The summed E-state index contributed by atoms with van der Waals surface area (Å²) in [5.41, 5.74) is 1.20. The highest BCUT2D eigenvalue weighted by molar-refractivity contribution is 7.98. The maximum Gasteiger partial charge on any atom is 0.264 e. The molecule has 25 heavy (non-hydrogen) atoms. The van der Waals surface area contributed by atoms with Crippen molar-refractivity contribution < 1.29 is 18.4 Å². The third kappa shape index (κ3) is 4.17. The highest BCUT2D eigenvalue weighted by Gasteiger charge is 2.30. The first kappa shape index (κ1) is 17.4. The van der Waals surface area contributed by atoms with E-state index in [0.29, 0.717) is 6.54 Å². The van der Waals surface area contributed by atoms with Gasteiger partial charge >= 0.3 is 0 Å². The first-order chi connectivity index (χ1) is 12.1. The number of nitrogens with zero attached hydrogens (tertiary/aromatic N) is 1. The molecule has 3 rings (SSSR count). The van der Waals surface area contributed by atoms with Gasteiger partial charge in [-0.05, 0) is 42.2 Å². The Morgan fingerprint density at radius 2 is 2.04 bits per heavy atom. The molecular formula is C18H16F2N2O2S. The van der Waals surface area contributed by atoms with Crippen LogP contribution in [0.15, 0.2) is 52.5 Å². The molecule has 1 heterocycles. The lowest BCUT2D eigenvalue weighted by Gasteiger charge is -2.10. The number of carbonyl (C=O) groups is 1. The number of hydrogen-bond donors (Lipinski definition) is 1. The molecule has 1 atom stereocenters. The summed E-state index contributed by atoms with van der Waals surface area (Å²) in [7, 11) is 0. The summed E-state index contributed by atoms with van der Waals surface area (Å²) in [5, 5.41) is 6.50. The fourth-order valence-corrected chi connectivity index (χ4v) is 2.85. The molecule has 130 valence electrons. The van der Waals surface area contributed by atoms with E-state index in [1.54, 1.807) is 11.8 Å². The van der Waals surface area contributed by atoms with Gasteiger partial charge in [-0.1, -0.05) is 17.3 Å². The van der Waals surface area contributed by atoms with Gasteiger partial charge in [0.1, 0.15) is 11.6 Å². The van der Waals surface area contributed by atoms with Crippen LogP contribution in [0.4, 0.5) is 8.78 Å². The van der Waals surface area contributed by atoms with Gasteiger partial charge in [-0.2, -0.15) is 0 Å². The van der Waals surface area contributed by atoms with Gasteiger partial charge in [0.25, 0.3) is 5.91 Å². The second-order valence-corrected chi connectivity index (χ2v) is 6.41. The largest absolute Gasteiger partial charge is 0.382 e. The van der Waals surface area contributed by atoms with Crippen molar-refractivity contribution in [1.82, 2.24) is 5.32 Å². The number of nitrogens with one attached hydrogen (secondary N) is 1. The highest BCUT2D eigenvalue weighted by Crippen LogP contribution is 2.20. The average molecular weight is 362 g/mol. The van der Waals surface area contributed by atoms with Crippen molar-refractivity contribution in [3.8, 4) is 0 Å². The number of carbonyl (C=O) groups excluding carboxylic acids is 1. The second-order valence-electron chi connectivity index (χ2n) is 5.53. The van der Waals surface area contributed by atoms with Crippen LogP contribution in [0.3, 0.4) is 0 Å². The fourth-order valence-electron chi connectivity index (χ4n) is 2.44. The third-order valence-corrected chi connectivity index (χ3v) is 4.57. The predicted octanol–water partition coefficient (Wildman–Crippen LogP) is 3.50. The second kappa shape index (κ2) is 7.65. The fraction of sp³-hybridized carbons (Fsp3) is 0.222. The van der Waals surface area contributed by atoms with Gasteiger partial charge in [-0.15, -0.1) is 11.8 Å². The molecule has 1 unspecified atom stereocenters. The van der Waals surface area contributed by atoms with E-state index in [-0.39, 0.29) is 23.6 Å². The van der Waals surface area contributed by atoms with Crippen LogP contribution in [0.25, 0.3) is 0 Å². The summed E-state index contributed by atoms with van der Waals surface area (Å²) in [4.78, 5) is 18.4. The van der Waals surface area contributed by atoms with E-state index in [2.05, 4.69) is 10.5 Å². The molecule has 2 aromatic rings. The van der Waals surface area contributed by atoms with Crippen molar-refractivity contribution in [1.29, 1.82) is 0 Å². The van der Waals surface area contributed by atoms with Gasteiger partial charge in [0.2, 0.25) is 6.10 Å². The molecule has 0 saturated carbocycles. The number of halogens is 2. The zero-order valence-corrected chi connectivity index (χ0v) is 14.3. The van der Waals surface area contributed by atoms with Crippen molar-refractivity contribution in [2.75, 3.05) is 6.26 Å². The Morgan fingerprint density at radius 1 is 1.28 bits per heavy atom. The minimum absolute atomic E-state index is 0.0166.